The highest BCUT2D eigenvalue weighted by atomic mass is 32.2. The second kappa shape index (κ2) is 5.37. The molecule has 2 atom stereocenters. The first-order valence-electron chi connectivity index (χ1n) is 7.02. The number of thioether (sulfide) groups is 1. The molecule has 1 aromatic rings. The van der Waals surface area contributed by atoms with E-state index in [1.54, 1.807) is 6.07 Å². The molecule has 3 heteroatoms. The minimum atomic E-state index is -0.0824. The molecule has 0 saturated carbocycles. The van der Waals surface area contributed by atoms with Gasteiger partial charge in [0.25, 0.3) is 0 Å². The number of phenols is 1. The molecule has 0 saturated heterocycles. The lowest BCUT2D eigenvalue weighted by molar-refractivity contribution is 0.369. The molecule has 0 aromatic heterocycles. The third kappa shape index (κ3) is 2.92. The smallest absolute Gasteiger partial charge is 0.115 e. The van der Waals surface area contributed by atoms with Crippen molar-refractivity contribution in [3.05, 3.63) is 29.3 Å². The van der Waals surface area contributed by atoms with Crippen molar-refractivity contribution in [1.29, 1.82) is 0 Å². The number of hydrogen-bond donors (Lipinski definition) is 2. The highest BCUT2D eigenvalue weighted by Gasteiger charge is 2.40. The van der Waals surface area contributed by atoms with Crippen molar-refractivity contribution in [1.82, 2.24) is 0 Å². The van der Waals surface area contributed by atoms with Crippen LogP contribution in [0.4, 0.5) is 0 Å². The van der Waals surface area contributed by atoms with E-state index in [1.807, 2.05) is 17.8 Å². The number of hydrogen-bond acceptors (Lipinski definition) is 3. The Morgan fingerprint density at radius 3 is 2.74 bits per heavy atom. The third-order valence-electron chi connectivity index (χ3n) is 4.09. The summed E-state index contributed by atoms with van der Waals surface area (Å²) in [5.74, 6) is 2.19. The van der Waals surface area contributed by atoms with Crippen LogP contribution in [0.15, 0.2) is 18.2 Å². The average molecular weight is 279 g/mol. The Morgan fingerprint density at radius 1 is 1.42 bits per heavy atom. The fraction of sp³-hybridized carbons (Fsp3) is 0.625. The highest BCUT2D eigenvalue weighted by Crippen LogP contribution is 2.41. The molecule has 1 aromatic carbocycles. The second-order valence-electron chi connectivity index (χ2n) is 6.56. The molecule has 0 bridgehead atoms. The van der Waals surface area contributed by atoms with Crippen molar-refractivity contribution < 1.29 is 5.11 Å². The molecule has 1 aliphatic carbocycles. The number of nitrogens with two attached hydrogens (primary N) is 1. The predicted molar refractivity (Wildman–Crippen MR) is 83.9 cm³/mol. The Hall–Kier alpha value is -0.670. The lowest BCUT2D eigenvalue weighted by Gasteiger charge is -2.43. The molecular weight excluding hydrogens is 254 g/mol. The first-order valence-corrected chi connectivity index (χ1v) is 8.06. The minimum absolute atomic E-state index is 0.0824. The van der Waals surface area contributed by atoms with Crippen LogP contribution in [-0.2, 0) is 11.8 Å². The maximum atomic E-state index is 9.70. The monoisotopic (exact) mass is 279 g/mol. The Bertz CT molecular complexity index is 456. The summed E-state index contributed by atoms with van der Waals surface area (Å²) < 4.78 is 0. The van der Waals surface area contributed by atoms with Crippen molar-refractivity contribution in [2.24, 2.45) is 11.7 Å². The lowest BCUT2D eigenvalue weighted by Crippen LogP contribution is -2.52. The summed E-state index contributed by atoms with van der Waals surface area (Å²) in [7, 11) is 0. The van der Waals surface area contributed by atoms with Crippen molar-refractivity contribution in [3.63, 3.8) is 0 Å². The molecule has 0 fully saturated rings. The van der Waals surface area contributed by atoms with Crippen molar-refractivity contribution in [2.75, 3.05) is 5.75 Å². The van der Waals surface area contributed by atoms with E-state index in [1.165, 1.54) is 11.1 Å². The van der Waals surface area contributed by atoms with Crippen molar-refractivity contribution in [3.8, 4) is 5.75 Å². The summed E-state index contributed by atoms with van der Waals surface area (Å²) in [5, 5.41) is 10.2. The van der Waals surface area contributed by atoms with Crippen LogP contribution in [0, 0.1) is 5.92 Å². The van der Waals surface area contributed by atoms with E-state index >= 15 is 0 Å². The molecule has 1 aliphatic rings. The van der Waals surface area contributed by atoms with E-state index in [0.717, 1.165) is 12.2 Å². The molecule has 0 unspecified atom stereocenters. The van der Waals surface area contributed by atoms with Crippen LogP contribution in [0.5, 0.6) is 5.75 Å². The zero-order valence-corrected chi connectivity index (χ0v) is 13.1. The van der Waals surface area contributed by atoms with Gasteiger partial charge in [0.05, 0.1) is 0 Å². The van der Waals surface area contributed by atoms with Gasteiger partial charge in [-0.3, -0.25) is 0 Å². The number of fused-ring (bicyclic) bond motifs is 1. The van der Waals surface area contributed by atoms with Crippen LogP contribution in [0.1, 0.15) is 38.8 Å². The van der Waals surface area contributed by atoms with Gasteiger partial charge in [-0.05, 0) is 41.4 Å². The van der Waals surface area contributed by atoms with Gasteiger partial charge in [-0.1, -0.05) is 33.8 Å². The van der Waals surface area contributed by atoms with E-state index in [2.05, 4.69) is 33.8 Å². The third-order valence-corrected chi connectivity index (χ3v) is 5.83. The molecule has 0 amide bonds. The minimum Gasteiger partial charge on any atom is -0.508 e. The van der Waals surface area contributed by atoms with E-state index in [4.69, 9.17) is 5.73 Å². The lowest BCUT2D eigenvalue weighted by atomic mass is 9.69. The Morgan fingerprint density at radius 2 is 2.11 bits per heavy atom. The highest BCUT2D eigenvalue weighted by molar-refractivity contribution is 7.99. The number of rotatable bonds is 3. The van der Waals surface area contributed by atoms with E-state index < -0.39 is 0 Å². The fourth-order valence-corrected chi connectivity index (χ4v) is 4.29. The number of phenolic OH excluding ortho intramolecular Hbond substituents is 1. The molecule has 2 nitrogen and oxygen atoms in total. The van der Waals surface area contributed by atoms with E-state index in [9.17, 15) is 5.11 Å². The Labute approximate surface area is 120 Å². The molecular formula is C16H25NOS. The zero-order valence-electron chi connectivity index (χ0n) is 12.3. The predicted octanol–water partition coefficient (Wildman–Crippen LogP) is 3.31. The topological polar surface area (TPSA) is 46.2 Å². The van der Waals surface area contributed by atoms with Gasteiger partial charge in [0.2, 0.25) is 0 Å². The molecule has 3 N–H and O–H groups in total. The molecule has 0 spiro atoms. The van der Waals surface area contributed by atoms with Crippen LogP contribution in [-0.4, -0.2) is 22.2 Å². The number of benzene rings is 1. The summed E-state index contributed by atoms with van der Waals surface area (Å²) in [5.41, 5.74) is 8.97. The quantitative estimate of drug-likeness (QED) is 0.892. The van der Waals surface area contributed by atoms with Crippen LogP contribution >= 0.6 is 11.8 Å². The maximum absolute atomic E-state index is 9.70. The molecule has 19 heavy (non-hydrogen) atoms. The van der Waals surface area contributed by atoms with Crippen LogP contribution < -0.4 is 5.73 Å². The molecule has 0 radical (unpaired) electrons. The summed E-state index contributed by atoms with van der Waals surface area (Å²) in [6.07, 6.45) is 1.01. The van der Waals surface area contributed by atoms with Gasteiger partial charge in [0.15, 0.2) is 0 Å². The molecule has 2 rings (SSSR count). The van der Waals surface area contributed by atoms with Crippen LogP contribution in [0.3, 0.4) is 0 Å². The van der Waals surface area contributed by atoms with Gasteiger partial charge in [-0.25, -0.2) is 0 Å². The second-order valence-corrected chi connectivity index (χ2v) is 7.83. The Kier molecular flexibility index (Phi) is 4.17. The molecule has 0 aliphatic heterocycles. The van der Waals surface area contributed by atoms with Crippen LogP contribution in [0.2, 0.25) is 0 Å². The first kappa shape index (κ1) is 14.7. The van der Waals surface area contributed by atoms with E-state index in [-0.39, 0.29) is 11.5 Å². The summed E-state index contributed by atoms with van der Waals surface area (Å²) in [4.78, 5) is 0. The zero-order chi connectivity index (χ0) is 14.2. The fourth-order valence-electron chi connectivity index (χ4n) is 2.81. The summed E-state index contributed by atoms with van der Waals surface area (Å²) >= 11 is 2.00. The van der Waals surface area contributed by atoms with Gasteiger partial charge < -0.3 is 10.8 Å². The standard InChI is InChI=1S/C16H25NOS/c1-10(2)9-19-14-7-11-5-6-12(18)8-13(11)16(3,4)15(14)17/h5-6,8,10,14-15,18H,7,9,17H2,1-4H3/t14-,15+/m1/s1. The average Bonchev–Trinajstić information content (AvgIpc) is 2.33. The molecule has 106 valence electrons. The van der Waals surface area contributed by atoms with Crippen molar-refractivity contribution >= 4 is 11.8 Å². The number of aromatic hydroxyl groups is 1. The van der Waals surface area contributed by atoms with Gasteiger partial charge in [0.1, 0.15) is 5.75 Å². The van der Waals surface area contributed by atoms with Gasteiger partial charge in [0, 0.05) is 16.7 Å². The Balaban J connectivity index is 2.29. The normalized spacial score (nSPS) is 25.4. The first-order chi connectivity index (χ1) is 8.82. The van der Waals surface area contributed by atoms with Gasteiger partial charge >= 0.3 is 0 Å². The van der Waals surface area contributed by atoms with Crippen LogP contribution in [0.25, 0.3) is 0 Å². The van der Waals surface area contributed by atoms with Crippen molar-refractivity contribution in [2.45, 2.75) is 50.8 Å². The maximum Gasteiger partial charge on any atom is 0.115 e. The summed E-state index contributed by atoms with van der Waals surface area (Å²) in [6, 6.07) is 5.86. The largest absolute Gasteiger partial charge is 0.508 e. The van der Waals surface area contributed by atoms with E-state index in [0.29, 0.717) is 16.9 Å². The SMILES string of the molecule is CC(C)CS[C@@H]1Cc2ccc(O)cc2C(C)(C)[C@H]1N. The van der Waals surface area contributed by atoms with Gasteiger partial charge in [-0.15, -0.1) is 0 Å². The summed E-state index contributed by atoms with van der Waals surface area (Å²) in [6.45, 7) is 8.88. The van der Waals surface area contributed by atoms with Gasteiger partial charge in [-0.2, -0.15) is 11.8 Å². The molecule has 0 heterocycles.